The number of carbonyl (C=O) groups is 3. The lowest BCUT2D eigenvalue weighted by Crippen LogP contribution is -2.33. The van der Waals surface area contributed by atoms with E-state index in [0.717, 1.165) is 9.80 Å². The second-order valence-corrected chi connectivity index (χ2v) is 6.46. The van der Waals surface area contributed by atoms with Crippen LogP contribution in [0.4, 0.5) is 10.5 Å². The zero-order chi connectivity index (χ0) is 22.0. The van der Waals surface area contributed by atoms with Crippen LogP contribution in [0.3, 0.4) is 0 Å². The Morgan fingerprint density at radius 3 is 2.61 bits per heavy atom. The van der Waals surface area contributed by atoms with E-state index in [1.54, 1.807) is 49.4 Å². The van der Waals surface area contributed by atoms with E-state index in [9.17, 15) is 14.4 Å². The minimum atomic E-state index is -0.988. The average Bonchev–Trinajstić information content (AvgIpc) is 3.34. The number of hydrogen-bond acceptors (Lipinski definition) is 8. The maximum absolute atomic E-state index is 12.9. The molecule has 158 valence electrons. The molecule has 2 aromatic carbocycles. The number of anilines is 1. The molecule has 0 bridgehead atoms. The van der Waals surface area contributed by atoms with Crippen molar-refractivity contribution < 1.29 is 28.4 Å². The summed E-state index contributed by atoms with van der Waals surface area (Å²) < 4.78 is 15.8. The van der Waals surface area contributed by atoms with Crippen molar-refractivity contribution >= 4 is 23.5 Å². The number of ether oxygens (including phenoxy) is 2. The van der Waals surface area contributed by atoms with Crippen LogP contribution in [0.25, 0.3) is 11.4 Å². The normalized spacial score (nSPS) is 13.8. The largest absolute Gasteiger partial charge is 0.497 e. The second kappa shape index (κ2) is 8.27. The fraction of sp³-hybridized carbons (Fsp3) is 0.190. The number of urea groups is 1. The number of imide groups is 2. The molecule has 4 rings (SSSR count). The van der Waals surface area contributed by atoms with Gasteiger partial charge in [-0.2, -0.15) is 4.98 Å². The zero-order valence-corrected chi connectivity index (χ0v) is 16.8. The van der Waals surface area contributed by atoms with Gasteiger partial charge in [0.2, 0.25) is 11.7 Å². The van der Waals surface area contributed by atoms with Crippen LogP contribution >= 0.6 is 0 Å². The maximum Gasteiger partial charge on any atom is 0.339 e. The summed E-state index contributed by atoms with van der Waals surface area (Å²) in [6, 6.07) is 12.7. The standard InChI is InChI=1S/C21H18N4O6/c1-3-30-16-10-5-4-9-15(16)25-20(27)19(26)24(21(25)28)12-17-22-18(23-31-17)13-7-6-8-14(11-13)29-2/h4-11H,3,12H2,1-2H3. The predicted octanol–water partition coefficient (Wildman–Crippen LogP) is 2.64. The van der Waals surface area contributed by atoms with Crippen molar-refractivity contribution in [2.24, 2.45) is 0 Å². The van der Waals surface area contributed by atoms with Gasteiger partial charge in [-0.15, -0.1) is 0 Å². The van der Waals surface area contributed by atoms with E-state index in [2.05, 4.69) is 10.1 Å². The van der Waals surface area contributed by atoms with Crippen LogP contribution in [0.15, 0.2) is 53.1 Å². The summed E-state index contributed by atoms with van der Waals surface area (Å²) in [6.45, 7) is 1.77. The van der Waals surface area contributed by atoms with E-state index >= 15 is 0 Å². The average molecular weight is 422 g/mol. The zero-order valence-electron chi connectivity index (χ0n) is 16.8. The van der Waals surface area contributed by atoms with Crippen LogP contribution in [-0.2, 0) is 16.1 Å². The first kappa shape index (κ1) is 20.1. The Morgan fingerprint density at radius 1 is 1.03 bits per heavy atom. The van der Waals surface area contributed by atoms with E-state index in [1.165, 1.54) is 13.2 Å². The highest BCUT2D eigenvalue weighted by Crippen LogP contribution is 2.32. The molecule has 1 aliphatic heterocycles. The van der Waals surface area contributed by atoms with Crippen LogP contribution in [-0.4, -0.2) is 46.6 Å². The lowest BCUT2D eigenvalue weighted by Gasteiger charge is -2.17. The highest BCUT2D eigenvalue weighted by atomic mass is 16.5. The van der Waals surface area contributed by atoms with Gasteiger partial charge < -0.3 is 14.0 Å². The SMILES string of the molecule is CCOc1ccccc1N1C(=O)C(=O)N(Cc2nc(-c3cccc(OC)c3)no2)C1=O. The Morgan fingerprint density at radius 2 is 1.84 bits per heavy atom. The molecule has 0 spiro atoms. The second-order valence-electron chi connectivity index (χ2n) is 6.46. The van der Waals surface area contributed by atoms with Crippen LogP contribution in [0.5, 0.6) is 11.5 Å². The van der Waals surface area contributed by atoms with Crippen LogP contribution in [0, 0.1) is 0 Å². The third kappa shape index (κ3) is 3.70. The van der Waals surface area contributed by atoms with Gasteiger partial charge in [0, 0.05) is 5.56 Å². The van der Waals surface area contributed by atoms with Crippen LogP contribution in [0.1, 0.15) is 12.8 Å². The summed E-state index contributed by atoms with van der Waals surface area (Å²) in [6.07, 6.45) is 0. The lowest BCUT2D eigenvalue weighted by molar-refractivity contribution is -0.139. The molecule has 1 aliphatic rings. The number of carbonyl (C=O) groups excluding carboxylic acids is 3. The quantitative estimate of drug-likeness (QED) is 0.422. The van der Waals surface area contributed by atoms with Crippen molar-refractivity contribution in [2.75, 3.05) is 18.6 Å². The number of aromatic nitrogens is 2. The Balaban J connectivity index is 1.58. The van der Waals surface area contributed by atoms with Gasteiger partial charge in [0.1, 0.15) is 18.0 Å². The number of methoxy groups -OCH3 is 1. The Kier molecular flexibility index (Phi) is 5.35. The van der Waals surface area contributed by atoms with Gasteiger partial charge in [-0.1, -0.05) is 29.4 Å². The first-order valence-corrected chi connectivity index (χ1v) is 9.42. The summed E-state index contributed by atoms with van der Waals surface area (Å²) in [5.41, 5.74) is 0.828. The summed E-state index contributed by atoms with van der Waals surface area (Å²) in [4.78, 5) is 43.7. The van der Waals surface area contributed by atoms with Crippen molar-refractivity contribution in [1.29, 1.82) is 0 Å². The van der Waals surface area contributed by atoms with Gasteiger partial charge >= 0.3 is 17.8 Å². The third-order valence-electron chi connectivity index (χ3n) is 4.55. The molecule has 1 fully saturated rings. The van der Waals surface area contributed by atoms with E-state index in [-0.39, 0.29) is 23.9 Å². The van der Waals surface area contributed by atoms with Crippen molar-refractivity contribution in [3.63, 3.8) is 0 Å². The molecule has 1 aromatic heterocycles. The molecule has 1 saturated heterocycles. The molecule has 31 heavy (non-hydrogen) atoms. The number of rotatable bonds is 7. The number of nitrogens with zero attached hydrogens (tertiary/aromatic N) is 4. The van der Waals surface area contributed by atoms with Crippen LogP contribution < -0.4 is 14.4 Å². The molecule has 0 unspecified atom stereocenters. The Labute approximate surface area is 177 Å². The summed E-state index contributed by atoms with van der Waals surface area (Å²) in [7, 11) is 1.54. The first-order valence-electron chi connectivity index (χ1n) is 9.42. The first-order chi connectivity index (χ1) is 15.0. The van der Waals surface area contributed by atoms with E-state index in [4.69, 9.17) is 14.0 Å². The smallest absolute Gasteiger partial charge is 0.339 e. The molecule has 0 N–H and O–H groups in total. The molecule has 4 amide bonds. The van der Waals surface area contributed by atoms with Gasteiger partial charge in [0.25, 0.3) is 0 Å². The fourth-order valence-corrected chi connectivity index (χ4v) is 3.11. The van der Waals surface area contributed by atoms with Gasteiger partial charge in [0.05, 0.1) is 19.4 Å². The predicted molar refractivity (Wildman–Crippen MR) is 107 cm³/mol. The Bertz CT molecular complexity index is 1160. The van der Waals surface area contributed by atoms with Gasteiger partial charge in [-0.3, -0.25) is 9.59 Å². The Hall–Kier alpha value is -4.21. The van der Waals surface area contributed by atoms with Gasteiger partial charge in [-0.25, -0.2) is 14.6 Å². The van der Waals surface area contributed by atoms with Crippen LogP contribution in [0.2, 0.25) is 0 Å². The van der Waals surface area contributed by atoms with Gasteiger partial charge in [-0.05, 0) is 31.2 Å². The third-order valence-corrected chi connectivity index (χ3v) is 4.55. The maximum atomic E-state index is 12.9. The van der Waals surface area contributed by atoms with Crippen molar-refractivity contribution in [2.45, 2.75) is 13.5 Å². The molecule has 2 heterocycles. The number of benzene rings is 2. The molecular weight excluding hydrogens is 404 g/mol. The van der Waals surface area contributed by atoms with Crippen molar-refractivity contribution in [1.82, 2.24) is 15.0 Å². The van der Waals surface area contributed by atoms with Crippen molar-refractivity contribution in [3.8, 4) is 22.9 Å². The molecule has 10 heteroatoms. The molecule has 3 aromatic rings. The van der Waals surface area contributed by atoms with E-state index < -0.39 is 17.8 Å². The summed E-state index contributed by atoms with van der Waals surface area (Å²) in [5, 5.41) is 3.88. The molecule has 0 radical (unpaired) electrons. The highest BCUT2D eigenvalue weighted by molar-refractivity contribution is 6.52. The lowest BCUT2D eigenvalue weighted by atomic mass is 10.2. The minimum Gasteiger partial charge on any atom is -0.497 e. The summed E-state index contributed by atoms with van der Waals surface area (Å²) in [5.74, 6) is -0.769. The summed E-state index contributed by atoms with van der Waals surface area (Å²) >= 11 is 0. The monoisotopic (exact) mass is 422 g/mol. The molecule has 10 nitrogen and oxygen atoms in total. The molecule has 0 atom stereocenters. The molecule has 0 saturated carbocycles. The van der Waals surface area contributed by atoms with Gasteiger partial charge in [0.15, 0.2) is 0 Å². The minimum absolute atomic E-state index is 0.00673. The van der Waals surface area contributed by atoms with E-state index in [0.29, 0.717) is 23.7 Å². The molecule has 0 aliphatic carbocycles. The number of hydrogen-bond donors (Lipinski definition) is 0. The highest BCUT2D eigenvalue weighted by Gasteiger charge is 2.47. The number of amides is 4. The molecular formula is C21H18N4O6. The van der Waals surface area contributed by atoms with Crippen molar-refractivity contribution in [3.05, 3.63) is 54.4 Å². The number of para-hydroxylation sites is 2. The topological polar surface area (TPSA) is 115 Å². The fourth-order valence-electron chi connectivity index (χ4n) is 3.11. The van der Waals surface area contributed by atoms with E-state index in [1.807, 2.05) is 0 Å².